The lowest BCUT2D eigenvalue weighted by molar-refractivity contribution is -0.274. The standard InChI is InChI=1S/C11H10ClF3O3/c1-6(2)17-10(16)8-4-3-7(5-9(8)12)18-11(13,14)15/h3-6H,1-2H3. The third-order valence-electron chi connectivity index (χ3n) is 1.74. The quantitative estimate of drug-likeness (QED) is 0.791. The summed E-state index contributed by atoms with van der Waals surface area (Å²) < 4.78 is 44.4. The maximum absolute atomic E-state index is 11.9. The topological polar surface area (TPSA) is 35.5 Å². The van der Waals surface area contributed by atoms with E-state index in [4.69, 9.17) is 16.3 Å². The molecular formula is C11H10ClF3O3. The molecule has 0 amide bonds. The molecule has 0 aliphatic rings. The first-order valence-electron chi connectivity index (χ1n) is 4.95. The summed E-state index contributed by atoms with van der Waals surface area (Å²) in [6.45, 7) is 3.29. The molecule has 0 aliphatic heterocycles. The smallest absolute Gasteiger partial charge is 0.459 e. The van der Waals surface area contributed by atoms with Gasteiger partial charge in [0.25, 0.3) is 0 Å². The molecule has 0 heterocycles. The number of benzene rings is 1. The second kappa shape index (κ2) is 5.48. The van der Waals surface area contributed by atoms with Crippen molar-refractivity contribution in [3.63, 3.8) is 0 Å². The van der Waals surface area contributed by atoms with Gasteiger partial charge in [-0.3, -0.25) is 0 Å². The SMILES string of the molecule is CC(C)OC(=O)c1ccc(OC(F)(F)F)cc1Cl. The number of esters is 1. The fourth-order valence-electron chi connectivity index (χ4n) is 1.14. The van der Waals surface area contributed by atoms with Crippen molar-refractivity contribution in [2.45, 2.75) is 26.3 Å². The van der Waals surface area contributed by atoms with Gasteiger partial charge in [-0.2, -0.15) is 0 Å². The van der Waals surface area contributed by atoms with E-state index in [1.165, 1.54) is 0 Å². The molecule has 0 aromatic heterocycles. The van der Waals surface area contributed by atoms with Crippen molar-refractivity contribution in [1.29, 1.82) is 0 Å². The number of ether oxygens (including phenoxy) is 2. The van der Waals surface area contributed by atoms with Gasteiger partial charge in [0.2, 0.25) is 0 Å². The Morgan fingerprint density at radius 2 is 1.94 bits per heavy atom. The number of hydrogen-bond acceptors (Lipinski definition) is 3. The van der Waals surface area contributed by atoms with E-state index in [1.807, 2.05) is 0 Å². The first-order valence-corrected chi connectivity index (χ1v) is 5.33. The van der Waals surface area contributed by atoms with Crippen LogP contribution in [0.25, 0.3) is 0 Å². The minimum absolute atomic E-state index is 0.0140. The van der Waals surface area contributed by atoms with Crippen molar-refractivity contribution < 1.29 is 27.4 Å². The monoisotopic (exact) mass is 282 g/mol. The number of carbonyl (C=O) groups excluding carboxylic acids is 1. The molecule has 0 unspecified atom stereocenters. The Balaban J connectivity index is 2.89. The van der Waals surface area contributed by atoms with Crippen LogP contribution in [0.15, 0.2) is 18.2 Å². The Labute approximate surface area is 106 Å². The first kappa shape index (κ1) is 14.6. The Kier molecular flexibility index (Phi) is 4.45. The van der Waals surface area contributed by atoms with Crippen LogP contribution in [0.4, 0.5) is 13.2 Å². The minimum Gasteiger partial charge on any atom is -0.459 e. The number of alkyl halides is 3. The van der Waals surface area contributed by atoms with Gasteiger partial charge in [0, 0.05) is 0 Å². The van der Waals surface area contributed by atoms with Crippen LogP contribution in [0.5, 0.6) is 5.75 Å². The lowest BCUT2D eigenvalue weighted by Crippen LogP contribution is -2.17. The molecule has 7 heteroatoms. The summed E-state index contributed by atoms with van der Waals surface area (Å²) in [6.07, 6.45) is -5.15. The van der Waals surface area contributed by atoms with E-state index in [0.717, 1.165) is 18.2 Å². The summed E-state index contributed by atoms with van der Waals surface area (Å²) in [5.74, 6) is -1.19. The predicted octanol–water partition coefficient (Wildman–Crippen LogP) is 3.80. The maximum Gasteiger partial charge on any atom is 0.573 e. The predicted molar refractivity (Wildman–Crippen MR) is 58.7 cm³/mol. The molecule has 0 spiro atoms. The van der Waals surface area contributed by atoms with E-state index >= 15 is 0 Å². The van der Waals surface area contributed by atoms with Crippen LogP contribution in [0.1, 0.15) is 24.2 Å². The van der Waals surface area contributed by atoms with Crippen LogP contribution in [0, 0.1) is 0 Å². The van der Waals surface area contributed by atoms with Gasteiger partial charge >= 0.3 is 12.3 Å². The molecule has 0 atom stereocenters. The number of rotatable bonds is 3. The average Bonchev–Trinajstić information content (AvgIpc) is 2.13. The summed E-state index contributed by atoms with van der Waals surface area (Å²) in [5, 5.41) is -0.164. The van der Waals surface area contributed by atoms with E-state index in [0.29, 0.717) is 0 Å². The van der Waals surface area contributed by atoms with Gasteiger partial charge < -0.3 is 9.47 Å². The summed E-state index contributed by atoms with van der Waals surface area (Å²) in [5.41, 5.74) is -0.0140. The third kappa shape index (κ3) is 4.44. The van der Waals surface area contributed by atoms with E-state index in [2.05, 4.69) is 4.74 Å². The van der Waals surface area contributed by atoms with Crippen LogP contribution < -0.4 is 4.74 Å². The van der Waals surface area contributed by atoms with Crippen molar-refractivity contribution in [3.8, 4) is 5.75 Å². The van der Waals surface area contributed by atoms with Crippen LogP contribution >= 0.6 is 11.6 Å². The highest BCUT2D eigenvalue weighted by Gasteiger charge is 2.31. The van der Waals surface area contributed by atoms with Gasteiger partial charge in [-0.25, -0.2) is 4.79 Å². The second-order valence-electron chi connectivity index (χ2n) is 3.64. The largest absolute Gasteiger partial charge is 0.573 e. The fraction of sp³-hybridized carbons (Fsp3) is 0.364. The molecular weight excluding hydrogens is 273 g/mol. The van der Waals surface area contributed by atoms with Crippen LogP contribution in [-0.2, 0) is 4.74 Å². The number of hydrogen-bond donors (Lipinski definition) is 0. The molecule has 3 nitrogen and oxygen atoms in total. The molecule has 0 aliphatic carbocycles. The molecule has 18 heavy (non-hydrogen) atoms. The molecule has 0 saturated heterocycles. The fourth-order valence-corrected chi connectivity index (χ4v) is 1.38. The third-order valence-corrected chi connectivity index (χ3v) is 2.05. The molecule has 1 aromatic rings. The molecule has 0 radical (unpaired) electrons. The van der Waals surface area contributed by atoms with Crippen molar-refractivity contribution >= 4 is 17.6 Å². The van der Waals surface area contributed by atoms with Gasteiger partial charge in [-0.1, -0.05) is 11.6 Å². The summed E-state index contributed by atoms with van der Waals surface area (Å²) in [7, 11) is 0. The number of carbonyl (C=O) groups is 1. The second-order valence-corrected chi connectivity index (χ2v) is 4.05. The molecule has 1 aromatic carbocycles. The lowest BCUT2D eigenvalue weighted by atomic mass is 10.2. The van der Waals surface area contributed by atoms with Crippen molar-refractivity contribution in [2.24, 2.45) is 0 Å². The van der Waals surface area contributed by atoms with Gasteiger partial charge in [-0.05, 0) is 32.0 Å². The number of halogens is 4. The highest BCUT2D eigenvalue weighted by molar-refractivity contribution is 6.33. The molecule has 1 rings (SSSR count). The average molecular weight is 283 g/mol. The summed E-state index contributed by atoms with van der Waals surface area (Å²) >= 11 is 5.69. The zero-order chi connectivity index (χ0) is 13.9. The van der Waals surface area contributed by atoms with Crippen molar-refractivity contribution in [1.82, 2.24) is 0 Å². The molecule has 0 bridgehead atoms. The summed E-state index contributed by atoms with van der Waals surface area (Å²) in [4.78, 5) is 11.5. The highest BCUT2D eigenvalue weighted by Crippen LogP contribution is 2.28. The van der Waals surface area contributed by atoms with E-state index in [-0.39, 0.29) is 16.7 Å². The zero-order valence-corrected chi connectivity index (χ0v) is 10.3. The Bertz CT molecular complexity index is 444. The Hall–Kier alpha value is -1.43. The first-order chi connectivity index (χ1) is 8.19. The van der Waals surface area contributed by atoms with Gasteiger partial charge in [0.1, 0.15) is 5.75 Å². The normalized spacial score (nSPS) is 11.5. The van der Waals surface area contributed by atoms with E-state index < -0.39 is 18.1 Å². The molecule has 0 saturated carbocycles. The van der Waals surface area contributed by atoms with Crippen molar-refractivity contribution in [2.75, 3.05) is 0 Å². The minimum atomic E-state index is -4.80. The van der Waals surface area contributed by atoms with Crippen LogP contribution in [0.2, 0.25) is 5.02 Å². The Morgan fingerprint density at radius 1 is 1.33 bits per heavy atom. The Morgan fingerprint density at radius 3 is 2.39 bits per heavy atom. The molecule has 100 valence electrons. The zero-order valence-electron chi connectivity index (χ0n) is 9.55. The maximum atomic E-state index is 11.9. The lowest BCUT2D eigenvalue weighted by Gasteiger charge is -2.11. The summed E-state index contributed by atoms with van der Waals surface area (Å²) in [6, 6.07) is 3.02. The molecule has 0 N–H and O–H groups in total. The van der Waals surface area contributed by atoms with Crippen LogP contribution in [-0.4, -0.2) is 18.4 Å². The van der Waals surface area contributed by atoms with Crippen molar-refractivity contribution in [3.05, 3.63) is 28.8 Å². The van der Waals surface area contributed by atoms with E-state index in [9.17, 15) is 18.0 Å². The van der Waals surface area contributed by atoms with Crippen LogP contribution in [0.3, 0.4) is 0 Å². The van der Waals surface area contributed by atoms with E-state index in [1.54, 1.807) is 13.8 Å². The molecule has 0 fully saturated rings. The van der Waals surface area contributed by atoms with Gasteiger partial charge in [-0.15, -0.1) is 13.2 Å². The van der Waals surface area contributed by atoms with Gasteiger partial charge in [0.05, 0.1) is 16.7 Å². The van der Waals surface area contributed by atoms with Gasteiger partial charge in [0.15, 0.2) is 0 Å². The highest BCUT2D eigenvalue weighted by atomic mass is 35.5.